The van der Waals surface area contributed by atoms with Crippen molar-refractivity contribution >= 4 is 40.2 Å². The normalized spacial score (nSPS) is 21.2. The Kier molecular flexibility index (Phi) is 7.21. The minimum atomic E-state index is -1.29. The van der Waals surface area contributed by atoms with Crippen LogP contribution in [0.5, 0.6) is 0 Å². The number of nitrogens with one attached hydrogen (secondary N) is 3. The van der Waals surface area contributed by atoms with Crippen molar-refractivity contribution in [3.8, 4) is 0 Å². The smallest absolute Gasteiger partial charge is 0.253 e. The Morgan fingerprint density at radius 2 is 1.86 bits per heavy atom. The van der Waals surface area contributed by atoms with Crippen LogP contribution in [-0.2, 0) is 9.53 Å². The number of aromatic nitrogens is 4. The third-order valence-electron chi connectivity index (χ3n) is 6.53. The van der Waals surface area contributed by atoms with Crippen LogP contribution in [0.2, 0.25) is 5.15 Å². The molecule has 1 saturated heterocycles. The van der Waals surface area contributed by atoms with Gasteiger partial charge >= 0.3 is 0 Å². The first-order valence-electron chi connectivity index (χ1n) is 11.8. The van der Waals surface area contributed by atoms with Gasteiger partial charge in [0, 0.05) is 42.1 Å². The number of carbonyl (C=O) groups is 1. The van der Waals surface area contributed by atoms with Crippen molar-refractivity contribution in [2.75, 3.05) is 30.4 Å². The standard InChI is InChI=1S/C24H28ClN7O3/c25-22-20-15(7-8-26-22)3-6-19(32-20)30-17-4-1-14(2-5-17)9-27-24-28-10-16(11-29-24)21(33)23(34)31-18-12-35-13-18/h3,6-8,10-11,14,17-18,21,33H,1-2,4-5,9,12-13H2,(H,30,32)(H,31,34)(H,27,28,29). The van der Waals surface area contributed by atoms with Crippen molar-refractivity contribution in [1.29, 1.82) is 0 Å². The summed E-state index contributed by atoms with van der Waals surface area (Å²) in [6.45, 7) is 1.72. The molecule has 10 nitrogen and oxygen atoms in total. The Balaban J connectivity index is 1.06. The number of hydrogen-bond donors (Lipinski definition) is 4. The second kappa shape index (κ2) is 10.7. The van der Waals surface area contributed by atoms with Crippen LogP contribution in [-0.4, -0.2) is 62.8 Å². The number of ether oxygens (including phenoxy) is 1. The van der Waals surface area contributed by atoms with Crippen molar-refractivity contribution < 1.29 is 14.6 Å². The van der Waals surface area contributed by atoms with E-state index in [9.17, 15) is 9.90 Å². The van der Waals surface area contributed by atoms with Gasteiger partial charge in [-0.1, -0.05) is 11.6 Å². The number of nitrogens with zero attached hydrogens (tertiary/aromatic N) is 4. The Hall–Kier alpha value is -3.08. The Bertz CT molecular complexity index is 1170. The van der Waals surface area contributed by atoms with Crippen LogP contribution in [0.25, 0.3) is 10.9 Å². The highest BCUT2D eigenvalue weighted by Gasteiger charge is 2.26. The summed E-state index contributed by atoms with van der Waals surface area (Å²) in [6.07, 6.45) is 7.58. The molecule has 184 valence electrons. The number of fused-ring (bicyclic) bond motifs is 1. The average molecular weight is 498 g/mol. The van der Waals surface area contributed by atoms with Gasteiger partial charge in [0.15, 0.2) is 11.3 Å². The maximum absolute atomic E-state index is 12.1. The van der Waals surface area contributed by atoms with E-state index in [0.29, 0.717) is 47.4 Å². The summed E-state index contributed by atoms with van der Waals surface area (Å²) >= 11 is 6.19. The molecule has 4 heterocycles. The molecular weight excluding hydrogens is 470 g/mol. The molecule has 1 aliphatic heterocycles. The van der Waals surface area contributed by atoms with Gasteiger partial charge in [-0.15, -0.1) is 0 Å². The highest BCUT2D eigenvalue weighted by Crippen LogP contribution is 2.28. The molecule has 2 fully saturated rings. The fourth-order valence-electron chi connectivity index (χ4n) is 4.37. The van der Waals surface area contributed by atoms with Crippen molar-refractivity contribution in [2.45, 2.75) is 43.9 Å². The van der Waals surface area contributed by atoms with E-state index >= 15 is 0 Å². The van der Waals surface area contributed by atoms with Crippen LogP contribution in [0.15, 0.2) is 36.8 Å². The van der Waals surface area contributed by atoms with E-state index in [1.807, 2.05) is 18.2 Å². The second-order valence-electron chi connectivity index (χ2n) is 9.10. The predicted molar refractivity (Wildman–Crippen MR) is 132 cm³/mol. The molecule has 4 N–H and O–H groups in total. The zero-order valence-corrected chi connectivity index (χ0v) is 19.9. The predicted octanol–water partition coefficient (Wildman–Crippen LogP) is 2.70. The molecule has 35 heavy (non-hydrogen) atoms. The average Bonchev–Trinajstić information content (AvgIpc) is 2.86. The number of amides is 1. The third-order valence-corrected chi connectivity index (χ3v) is 6.81. The molecule has 1 unspecified atom stereocenters. The van der Waals surface area contributed by atoms with E-state index in [4.69, 9.17) is 16.3 Å². The largest absolute Gasteiger partial charge is 0.378 e. The minimum Gasteiger partial charge on any atom is -0.378 e. The van der Waals surface area contributed by atoms with Gasteiger partial charge in [0.25, 0.3) is 5.91 Å². The van der Waals surface area contributed by atoms with Crippen molar-refractivity contribution in [3.05, 3.63) is 47.5 Å². The highest BCUT2D eigenvalue weighted by atomic mass is 35.5. The highest BCUT2D eigenvalue weighted by molar-refractivity contribution is 6.33. The number of carbonyl (C=O) groups excluding carboxylic acids is 1. The molecule has 5 rings (SSSR count). The van der Waals surface area contributed by atoms with Gasteiger partial charge in [0.2, 0.25) is 5.95 Å². The molecule has 0 aromatic carbocycles. The summed E-state index contributed by atoms with van der Waals surface area (Å²) < 4.78 is 5.02. The van der Waals surface area contributed by atoms with Crippen molar-refractivity contribution in [2.24, 2.45) is 5.92 Å². The molecule has 3 aromatic heterocycles. The fourth-order valence-corrected chi connectivity index (χ4v) is 4.58. The Morgan fingerprint density at radius 1 is 1.09 bits per heavy atom. The molecule has 2 aliphatic rings. The van der Waals surface area contributed by atoms with Crippen molar-refractivity contribution in [1.82, 2.24) is 25.3 Å². The van der Waals surface area contributed by atoms with Crippen LogP contribution in [0, 0.1) is 5.92 Å². The number of hydrogen-bond acceptors (Lipinski definition) is 9. The van der Waals surface area contributed by atoms with Crippen molar-refractivity contribution in [3.63, 3.8) is 0 Å². The van der Waals surface area contributed by atoms with Gasteiger partial charge < -0.3 is 25.8 Å². The van der Waals surface area contributed by atoms with Crippen LogP contribution < -0.4 is 16.0 Å². The number of halogens is 1. The number of aliphatic hydroxyl groups excluding tert-OH is 1. The maximum Gasteiger partial charge on any atom is 0.253 e. The van der Waals surface area contributed by atoms with E-state index in [0.717, 1.165) is 43.4 Å². The summed E-state index contributed by atoms with van der Waals surface area (Å²) in [6, 6.07) is 6.21. The van der Waals surface area contributed by atoms with E-state index in [1.54, 1.807) is 6.20 Å². The topological polar surface area (TPSA) is 134 Å². The first kappa shape index (κ1) is 23.7. The summed E-state index contributed by atoms with van der Waals surface area (Å²) in [5, 5.41) is 21.1. The molecule has 1 atom stereocenters. The monoisotopic (exact) mass is 497 g/mol. The maximum atomic E-state index is 12.1. The molecule has 0 bridgehead atoms. The first-order chi connectivity index (χ1) is 17.0. The molecule has 1 aliphatic carbocycles. The minimum absolute atomic E-state index is 0.0380. The van der Waals surface area contributed by atoms with Gasteiger partial charge in [-0.3, -0.25) is 4.79 Å². The zero-order chi connectivity index (χ0) is 24.2. The number of anilines is 2. The number of aliphatic hydroxyl groups is 1. The summed E-state index contributed by atoms with van der Waals surface area (Å²) in [5.74, 6) is 1.35. The molecule has 0 spiro atoms. The first-order valence-corrected chi connectivity index (χ1v) is 12.2. The van der Waals surface area contributed by atoms with Gasteiger partial charge in [-0.05, 0) is 49.8 Å². The lowest BCUT2D eigenvalue weighted by Gasteiger charge is -2.29. The summed E-state index contributed by atoms with van der Waals surface area (Å²) in [7, 11) is 0. The lowest BCUT2D eigenvalue weighted by Crippen LogP contribution is -2.50. The quantitative estimate of drug-likeness (QED) is 0.346. The second-order valence-corrected chi connectivity index (χ2v) is 9.46. The van der Waals surface area contributed by atoms with Crippen LogP contribution in [0.3, 0.4) is 0 Å². The van der Waals surface area contributed by atoms with E-state index in [1.165, 1.54) is 12.4 Å². The Labute approximate surface area is 207 Å². The van der Waals surface area contributed by atoms with Gasteiger partial charge in [0.05, 0.1) is 19.3 Å². The van der Waals surface area contributed by atoms with Gasteiger partial charge in [0.1, 0.15) is 11.3 Å². The molecule has 1 amide bonds. The molecule has 11 heteroatoms. The summed E-state index contributed by atoms with van der Waals surface area (Å²) in [5.41, 5.74) is 1.07. The molecule has 1 saturated carbocycles. The third kappa shape index (κ3) is 5.77. The van der Waals surface area contributed by atoms with Gasteiger partial charge in [-0.25, -0.2) is 19.9 Å². The van der Waals surface area contributed by atoms with E-state index < -0.39 is 12.0 Å². The molecule has 3 aromatic rings. The van der Waals surface area contributed by atoms with Crippen LogP contribution >= 0.6 is 11.6 Å². The Morgan fingerprint density at radius 3 is 2.57 bits per heavy atom. The van der Waals surface area contributed by atoms with E-state index in [2.05, 4.69) is 35.9 Å². The summed E-state index contributed by atoms with van der Waals surface area (Å²) in [4.78, 5) is 29.3. The lowest BCUT2D eigenvalue weighted by molar-refractivity contribution is -0.133. The molecule has 0 radical (unpaired) electrons. The van der Waals surface area contributed by atoms with Crippen LogP contribution in [0.1, 0.15) is 37.4 Å². The number of rotatable bonds is 8. The van der Waals surface area contributed by atoms with E-state index in [-0.39, 0.29) is 6.04 Å². The van der Waals surface area contributed by atoms with Crippen LogP contribution in [0.4, 0.5) is 11.8 Å². The SMILES string of the molecule is O=C(NC1COC1)C(O)c1cnc(NCC2CCC(Nc3ccc4ccnc(Cl)c4n3)CC2)nc1. The zero-order valence-electron chi connectivity index (χ0n) is 19.2. The lowest BCUT2D eigenvalue weighted by atomic mass is 9.86. The fraction of sp³-hybridized carbons (Fsp3) is 0.458. The molecular formula is C24H28ClN7O3. The van der Waals surface area contributed by atoms with Gasteiger partial charge in [-0.2, -0.15) is 0 Å². The number of pyridine rings is 2.